The third-order valence-corrected chi connectivity index (χ3v) is 6.27. The Bertz CT molecular complexity index is 934. The van der Waals surface area contributed by atoms with E-state index in [0.717, 1.165) is 24.2 Å². The normalized spacial score (nSPS) is 19.5. The molecule has 4 rings (SSSR count). The van der Waals surface area contributed by atoms with Gasteiger partial charge in [0.15, 0.2) is 11.6 Å². The molecule has 2 fully saturated rings. The van der Waals surface area contributed by atoms with Gasteiger partial charge in [0.2, 0.25) is 5.95 Å². The number of carbonyl (C=O) groups excluding carboxylic acids is 1. The monoisotopic (exact) mass is 456 g/mol. The highest BCUT2D eigenvalue weighted by Crippen LogP contribution is 2.27. The van der Waals surface area contributed by atoms with Gasteiger partial charge in [-0.15, -0.1) is 0 Å². The summed E-state index contributed by atoms with van der Waals surface area (Å²) in [6.07, 6.45) is 4.12. The Morgan fingerprint density at radius 1 is 1.21 bits per heavy atom. The predicted molar refractivity (Wildman–Crippen MR) is 126 cm³/mol. The molecular weight excluding hydrogens is 423 g/mol. The number of halogens is 1. The van der Waals surface area contributed by atoms with Crippen molar-refractivity contribution in [3.63, 3.8) is 0 Å². The summed E-state index contributed by atoms with van der Waals surface area (Å²) in [5, 5.41) is 0. The van der Waals surface area contributed by atoms with Gasteiger partial charge in [0.1, 0.15) is 17.6 Å². The van der Waals surface area contributed by atoms with Crippen molar-refractivity contribution in [3.8, 4) is 5.75 Å². The SMILES string of the molecule is CCCC(=O)C[C@@H](C)c1ccc(O[C@@H]2CCN(c3nc(N4CCOCC4)ncc3F)C2)cc1. The van der Waals surface area contributed by atoms with Crippen LogP contribution in [0.4, 0.5) is 16.2 Å². The van der Waals surface area contributed by atoms with Gasteiger partial charge in [-0.3, -0.25) is 4.79 Å². The zero-order valence-corrected chi connectivity index (χ0v) is 19.5. The maximum atomic E-state index is 14.5. The van der Waals surface area contributed by atoms with Gasteiger partial charge in [-0.2, -0.15) is 4.98 Å². The lowest BCUT2D eigenvalue weighted by Gasteiger charge is -2.27. The zero-order valence-electron chi connectivity index (χ0n) is 19.5. The molecule has 7 nitrogen and oxygen atoms in total. The summed E-state index contributed by atoms with van der Waals surface area (Å²) in [7, 11) is 0. The fourth-order valence-electron chi connectivity index (χ4n) is 4.41. The topological polar surface area (TPSA) is 67.8 Å². The Labute approximate surface area is 194 Å². The van der Waals surface area contributed by atoms with Crippen LogP contribution >= 0.6 is 0 Å². The molecule has 178 valence electrons. The fraction of sp³-hybridized carbons (Fsp3) is 0.560. The molecule has 0 unspecified atom stereocenters. The van der Waals surface area contributed by atoms with Crippen LogP contribution in [0.3, 0.4) is 0 Å². The molecule has 2 atom stereocenters. The van der Waals surface area contributed by atoms with E-state index in [0.29, 0.717) is 69.8 Å². The maximum absolute atomic E-state index is 14.5. The Kier molecular flexibility index (Phi) is 7.75. The van der Waals surface area contributed by atoms with Crippen LogP contribution in [-0.2, 0) is 9.53 Å². The highest BCUT2D eigenvalue weighted by molar-refractivity contribution is 5.79. The van der Waals surface area contributed by atoms with E-state index >= 15 is 0 Å². The Morgan fingerprint density at radius 3 is 2.70 bits per heavy atom. The quantitative estimate of drug-likeness (QED) is 0.566. The summed E-state index contributed by atoms with van der Waals surface area (Å²) in [5.74, 6) is 1.75. The van der Waals surface area contributed by atoms with E-state index in [4.69, 9.17) is 9.47 Å². The van der Waals surface area contributed by atoms with Crippen molar-refractivity contribution < 1.29 is 18.7 Å². The molecule has 0 N–H and O–H groups in total. The predicted octanol–water partition coefficient (Wildman–Crippen LogP) is 3.97. The van der Waals surface area contributed by atoms with Gasteiger partial charge in [-0.1, -0.05) is 26.0 Å². The average Bonchev–Trinajstić information content (AvgIpc) is 3.28. The maximum Gasteiger partial charge on any atom is 0.227 e. The van der Waals surface area contributed by atoms with Gasteiger partial charge in [0.25, 0.3) is 0 Å². The minimum Gasteiger partial charge on any atom is -0.489 e. The number of aromatic nitrogens is 2. The molecule has 33 heavy (non-hydrogen) atoms. The van der Waals surface area contributed by atoms with Gasteiger partial charge >= 0.3 is 0 Å². The van der Waals surface area contributed by atoms with Crippen molar-refractivity contribution >= 4 is 17.5 Å². The van der Waals surface area contributed by atoms with Crippen molar-refractivity contribution in [1.82, 2.24) is 9.97 Å². The van der Waals surface area contributed by atoms with Crippen molar-refractivity contribution in [2.45, 2.75) is 51.6 Å². The lowest BCUT2D eigenvalue weighted by atomic mass is 9.94. The van der Waals surface area contributed by atoms with Gasteiger partial charge in [-0.05, 0) is 30.0 Å². The van der Waals surface area contributed by atoms with Crippen LogP contribution in [0.15, 0.2) is 30.5 Å². The number of benzene rings is 1. The first-order valence-electron chi connectivity index (χ1n) is 11.9. The number of ketones is 1. The van der Waals surface area contributed by atoms with Crippen molar-refractivity contribution in [2.24, 2.45) is 0 Å². The number of nitrogens with zero attached hydrogens (tertiary/aromatic N) is 4. The number of Topliss-reactive ketones (excluding diaryl/α,β-unsaturated/α-hetero) is 1. The molecule has 2 saturated heterocycles. The van der Waals surface area contributed by atoms with E-state index in [9.17, 15) is 9.18 Å². The number of hydrogen-bond acceptors (Lipinski definition) is 7. The third-order valence-electron chi connectivity index (χ3n) is 6.27. The van der Waals surface area contributed by atoms with Crippen LogP contribution < -0.4 is 14.5 Å². The molecule has 8 heteroatoms. The van der Waals surface area contributed by atoms with Crippen LogP contribution in [0.1, 0.15) is 51.0 Å². The smallest absolute Gasteiger partial charge is 0.227 e. The van der Waals surface area contributed by atoms with Crippen molar-refractivity contribution in [1.29, 1.82) is 0 Å². The third kappa shape index (κ3) is 5.99. The fourth-order valence-corrected chi connectivity index (χ4v) is 4.41. The molecular formula is C25H33FN4O3. The number of morpholine rings is 1. The second-order valence-electron chi connectivity index (χ2n) is 8.88. The molecule has 1 aromatic carbocycles. The van der Waals surface area contributed by atoms with Crippen LogP contribution in [0.2, 0.25) is 0 Å². The molecule has 0 radical (unpaired) electrons. The van der Waals surface area contributed by atoms with E-state index < -0.39 is 5.82 Å². The molecule has 2 aliphatic heterocycles. The number of hydrogen-bond donors (Lipinski definition) is 0. The van der Waals surface area contributed by atoms with Crippen molar-refractivity contribution in [2.75, 3.05) is 49.2 Å². The second-order valence-corrected chi connectivity index (χ2v) is 8.88. The summed E-state index contributed by atoms with van der Waals surface area (Å²) < 4.78 is 26.1. The summed E-state index contributed by atoms with van der Waals surface area (Å²) in [6.45, 7) is 8.03. The molecule has 1 aromatic heterocycles. The molecule has 0 bridgehead atoms. The molecule has 2 aliphatic rings. The standard InChI is InChI=1S/C25H33FN4O3/c1-3-4-20(31)15-18(2)19-5-7-21(8-6-19)33-22-9-10-30(17-22)24-23(26)16-27-25(28-24)29-11-13-32-14-12-29/h5-8,16,18,22H,3-4,9-15,17H2,1-2H3/t18-,22-/m1/s1. The summed E-state index contributed by atoms with van der Waals surface area (Å²) in [6, 6.07) is 7.98. The molecule has 0 amide bonds. The van der Waals surface area contributed by atoms with E-state index in [1.165, 1.54) is 6.20 Å². The number of ether oxygens (including phenoxy) is 2. The van der Waals surface area contributed by atoms with E-state index in [1.807, 2.05) is 41.0 Å². The number of carbonyl (C=O) groups is 1. The summed E-state index contributed by atoms with van der Waals surface area (Å²) >= 11 is 0. The van der Waals surface area contributed by atoms with Crippen molar-refractivity contribution in [3.05, 3.63) is 41.8 Å². The largest absolute Gasteiger partial charge is 0.489 e. The average molecular weight is 457 g/mol. The highest BCUT2D eigenvalue weighted by atomic mass is 19.1. The van der Waals surface area contributed by atoms with Gasteiger partial charge in [0.05, 0.1) is 26.0 Å². The van der Waals surface area contributed by atoms with Crippen LogP contribution in [0.25, 0.3) is 0 Å². The van der Waals surface area contributed by atoms with E-state index in [1.54, 1.807) is 0 Å². The van der Waals surface area contributed by atoms with Crippen LogP contribution in [0, 0.1) is 5.82 Å². The van der Waals surface area contributed by atoms with E-state index in [-0.39, 0.29) is 12.0 Å². The lowest BCUT2D eigenvalue weighted by molar-refractivity contribution is -0.119. The van der Waals surface area contributed by atoms with Gasteiger partial charge < -0.3 is 19.3 Å². The van der Waals surface area contributed by atoms with Crippen LogP contribution in [0.5, 0.6) is 5.75 Å². The molecule has 3 heterocycles. The van der Waals surface area contributed by atoms with E-state index in [2.05, 4.69) is 16.9 Å². The number of anilines is 2. The first kappa shape index (κ1) is 23.4. The summed E-state index contributed by atoms with van der Waals surface area (Å²) in [4.78, 5) is 24.6. The van der Waals surface area contributed by atoms with Crippen LogP contribution in [-0.4, -0.2) is 61.2 Å². The zero-order chi connectivity index (χ0) is 23.2. The first-order valence-corrected chi connectivity index (χ1v) is 11.9. The minimum absolute atomic E-state index is 0.0411. The second kappa shape index (κ2) is 10.9. The minimum atomic E-state index is -0.413. The summed E-state index contributed by atoms with van der Waals surface area (Å²) in [5.41, 5.74) is 1.14. The Morgan fingerprint density at radius 2 is 1.97 bits per heavy atom. The van der Waals surface area contributed by atoms with Gasteiger partial charge in [-0.25, -0.2) is 9.37 Å². The highest BCUT2D eigenvalue weighted by Gasteiger charge is 2.28. The van der Waals surface area contributed by atoms with Gasteiger partial charge in [0, 0.05) is 38.9 Å². The molecule has 0 aliphatic carbocycles. The Balaban J connectivity index is 1.34. The number of rotatable bonds is 9. The molecule has 0 saturated carbocycles. The Hall–Kier alpha value is -2.74. The molecule has 2 aromatic rings. The molecule has 0 spiro atoms. The first-order chi connectivity index (χ1) is 16.0. The lowest BCUT2D eigenvalue weighted by Crippen LogP contribution is -2.37.